The quantitative estimate of drug-likeness (QED) is 0.844. The second-order valence-electron chi connectivity index (χ2n) is 3.75. The summed E-state index contributed by atoms with van der Waals surface area (Å²) in [6.45, 7) is 1.19. The molecule has 16 heavy (non-hydrogen) atoms. The molecule has 0 saturated carbocycles. The molecular formula is C12H15NO3. The van der Waals surface area contributed by atoms with Crippen molar-refractivity contribution in [1.82, 2.24) is 0 Å². The van der Waals surface area contributed by atoms with Crippen LogP contribution in [0.15, 0.2) is 24.3 Å². The first-order chi connectivity index (χ1) is 7.81. The minimum Gasteiger partial charge on any atom is -0.495 e. The van der Waals surface area contributed by atoms with Crippen LogP contribution in [0.1, 0.15) is 6.42 Å². The molecule has 0 aromatic heterocycles. The number of rotatable bonds is 3. The first-order valence-electron chi connectivity index (χ1n) is 5.33. The van der Waals surface area contributed by atoms with Crippen molar-refractivity contribution in [2.24, 2.45) is 5.92 Å². The Bertz CT molecular complexity index is 372. The highest BCUT2D eigenvalue weighted by Gasteiger charge is 2.23. The molecule has 1 N–H and O–H groups in total. The number of benzene rings is 1. The van der Waals surface area contributed by atoms with E-state index >= 15 is 0 Å². The van der Waals surface area contributed by atoms with Gasteiger partial charge in [-0.2, -0.15) is 0 Å². The van der Waals surface area contributed by atoms with Crippen molar-refractivity contribution in [3.63, 3.8) is 0 Å². The van der Waals surface area contributed by atoms with Gasteiger partial charge in [0.25, 0.3) is 0 Å². The first-order valence-corrected chi connectivity index (χ1v) is 5.33. The first kappa shape index (κ1) is 11.0. The van der Waals surface area contributed by atoms with Gasteiger partial charge in [-0.25, -0.2) is 0 Å². The van der Waals surface area contributed by atoms with Gasteiger partial charge >= 0.3 is 0 Å². The maximum absolute atomic E-state index is 11.8. The molecule has 1 aromatic carbocycles. The van der Waals surface area contributed by atoms with Gasteiger partial charge in [0.2, 0.25) is 5.91 Å². The van der Waals surface area contributed by atoms with Gasteiger partial charge in [0, 0.05) is 6.61 Å². The number of hydrogen-bond acceptors (Lipinski definition) is 3. The highest BCUT2D eigenvalue weighted by Crippen LogP contribution is 2.24. The van der Waals surface area contributed by atoms with E-state index in [1.54, 1.807) is 7.11 Å². The normalized spacial score (nSPS) is 19.4. The number of hydrogen-bond donors (Lipinski definition) is 1. The third-order valence-electron chi connectivity index (χ3n) is 2.67. The van der Waals surface area contributed by atoms with Crippen molar-refractivity contribution in [2.75, 3.05) is 25.6 Å². The van der Waals surface area contributed by atoms with Crippen LogP contribution in [0, 0.1) is 5.92 Å². The van der Waals surface area contributed by atoms with Gasteiger partial charge in [0.05, 0.1) is 25.3 Å². The van der Waals surface area contributed by atoms with E-state index in [1.165, 1.54) is 0 Å². The fourth-order valence-electron chi connectivity index (χ4n) is 1.72. The van der Waals surface area contributed by atoms with E-state index in [4.69, 9.17) is 9.47 Å². The summed E-state index contributed by atoms with van der Waals surface area (Å²) in [6.07, 6.45) is 0.793. The predicted octanol–water partition coefficient (Wildman–Crippen LogP) is 1.67. The molecule has 1 saturated heterocycles. The third-order valence-corrected chi connectivity index (χ3v) is 2.67. The number of carbonyl (C=O) groups is 1. The highest BCUT2D eigenvalue weighted by atomic mass is 16.5. The molecule has 86 valence electrons. The highest BCUT2D eigenvalue weighted by molar-refractivity contribution is 5.94. The van der Waals surface area contributed by atoms with Crippen LogP contribution in [-0.4, -0.2) is 26.2 Å². The molecule has 1 aromatic rings. The minimum atomic E-state index is -0.0371. The number of nitrogens with one attached hydrogen (secondary N) is 1. The molecule has 4 heteroatoms. The molecule has 1 heterocycles. The van der Waals surface area contributed by atoms with E-state index in [1.807, 2.05) is 24.3 Å². The standard InChI is InChI=1S/C12H15NO3/c1-15-11-5-3-2-4-10(11)13-12(14)9-6-7-16-8-9/h2-5,9H,6-8H2,1H3,(H,13,14). The van der Waals surface area contributed by atoms with Crippen LogP contribution in [0.3, 0.4) is 0 Å². The van der Waals surface area contributed by atoms with Gasteiger partial charge in [0.15, 0.2) is 0 Å². The van der Waals surface area contributed by atoms with Crippen LogP contribution in [0.5, 0.6) is 5.75 Å². The molecule has 0 aliphatic carbocycles. The smallest absolute Gasteiger partial charge is 0.230 e. The number of para-hydroxylation sites is 2. The fraction of sp³-hybridized carbons (Fsp3) is 0.417. The fourth-order valence-corrected chi connectivity index (χ4v) is 1.72. The Labute approximate surface area is 94.6 Å². The lowest BCUT2D eigenvalue weighted by Crippen LogP contribution is -2.23. The summed E-state index contributed by atoms with van der Waals surface area (Å²) >= 11 is 0. The van der Waals surface area contributed by atoms with Gasteiger partial charge in [0.1, 0.15) is 5.75 Å². The van der Waals surface area contributed by atoms with Crippen molar-refractivity contribution >= 4 is 11.6 Å². The Hall–Kier alpha value is -1.55. The molecule has 0 radical (unpaired) electrons. The Balaban J connectivity index is 2.05. The summed E-state index contributed by atoms with van der Waals surface area (Å²) in [7, 11) is 1.59. The average Bonchev–Trinajstić information content (AvgIpc) is 2.83. The van der Waals surface area contributed by atoms with Crippen LogP contribution in [0.25, 0.3) is 0 Å². The second-order valence-corrected chi connectivity index (χ2v) is 3.75. The molecule has 0 spiro atoms. The summed E-state index contributed by atoms with van der Waals surface area (Å²) in [4.78, 5) is 11.8. The number of methoxy groups -OCH3 is 1. The third kappa shape index (κ3) is 2.33. The zero-order valence-corrected chi connectivity index (χ0v) is 9.23. The van der Waals surface area contributed by atoms with Crippen molar-refractivity contribution < 1.29 is 14.3 Å². The van der Waals surface area contributed by atoms with E-state index in [2.05, 4.69) is 5.32 Å². The second kappa shape index (κ2) is 4.99. The van der Waals surface area contributed by atoms with Crippen molar-refractivity contribution in [2.45, 2.75) is 6.42 Å². The topological polar surface area (TPSA) is 47.6 Å². The van der Waals surface area contributed by atoms with Gasteiger partial charge in [-0.05, 0) is 18.6 Å². The molecule has 1 atom stereocenters. The van der Waals surface area contributed by atoms with E-state index in [-0.39, 0.29) is 11.8 Å². The Morgan fingerprint density at radius 2 is 2.31 bits per heavy atom. The van der Waals surface area contributed by atoms with Crippen LogP contribution in [0.4, 0.5) is 5.69 Å². The van der Waals surface area contributed by atoms with Crippen molar-refractivity contribution in [3.8, 4) is 5.75 Å². The van der Waals surface area contributed by atoms with Crippen LogP contribution in [-0.2, 0) is 9.53 Å². The summed E-state index contributed by atoms with van der Waals surface area (Å²) in [6, 6.07) is 7.38. The molecule has 1 fully saturated rings. The molecular weight excluding hydrogens is 206 g/mol. The van der Waals surface area contributed by atoms with Crippen LogP contribution >= 0.6 is 0 Å². The van der Waals surface area contributed by atoms with E-state index in [0.717, 1.165) is 6.42 Å². The van der Waals surface area contributed by atoms with Gasteiger partial charge < -0.3 is 14.8 Å². The zero-order valence-electron chi connectivity index (χ0n) is 9.23. The van der Waals surface area contributed by atoms with Crippen LogP contribution < -0.4 is 10.1 Å². The van der Waals surface area contributed by atoms with Crippen molar-refractivity contribution in [1.29, 1.82) is 0 Å². The van der Waals surface area contributed by atoms with Gasteiger partial charge in [-0.1, -0.05) is 12.1 Å². The lowest BCUT2D eigenvalue weighted by Gasteiger charge is -2.12. The Kier molecular flexibility index (Phi) is 3.41. The number of amides is 1. The Morgan fingerprint density at radius 1 is 1.50 bits per heavy atom. The van der Waals surface area contributed by atoms with Crippen LogP contribution in [0.2, 0.25) is 0 Å². The van der Waals surface area contributed by atoms with E-state index < -0.39 is 0 Å². The monoisotopic (exact) mass is 221 g/mol. The summed E-state index contributed by atoms with van der Waals surface area (Å²) < 4.78 is 10.3. The molecule has 1 aliphatic heterocycles. The average molecular weight is 221 g/mol. The largest absolute Gasteiger partial charge is 0.495 e. The zero-order chi connectivity index (χ0) is 11.4. The van der Waals surface area contributed by atoms with Crippen molar-refractivity contribution in [3.05, 3.63) is 24.3 Å². The molecule has 0 bridgehead atoms. The SMILES string of the molecule is COc1ccccc1NC(=O)C1CCOC1. The maximum atomic E-state index is 11.8. The summed E-state index contributed by atoms with van der Waals surface area (Å²) in [5.74, 6) is 0.640. The Morgan fingerprint density at radius 3 is 3.00 bits per heavy atom. The van der Waals surface area contributed by atoms with E-state index in [0.29, 0.717) is 24.7 Å². The molecule has 2 rings (SSSR count). The summed E-state index contributed by atoms with van der Waals surface area (Å²) in [5.41, 5.74) is 0.710. The molecule has 4 nitrogen and oxygen atoms in total. The maximum Gasteiger partial charge on any atom is 0.230 e. The number of ether oxygens (including phenoxy) is 2. The van der Waals surface area contributed by atoms with Gasteiger partial charge in [-0.3, -0.25) is 4.79 Å². The lowest BCUT2D eigenvalue weighted by atomic mass is 10.1. The predicted molar refractivity (Wildman–Crippen MR) is 60.5 cm³/mol. The van der Waals surface area contributed by atoms with Gasteiger partial charge in [-0.15, -0.1) is 0 Å². The van der Waals surface area contributed by atoms with E-state index in [9.17, 15) is 4.79 Å². The molecule has 1 unspecified atom stereocenters. The minimum absolute atomic E-state index is 0.00185. The lowest BCUT2D eigenvalue weighted by molar-refractivity contribution is -0.119. The number of anilines is 1. The number of carbonyl (C=O) groups excluding carboxylic acids is 1. The molecule has 1 amide bonds. The molecule has 1 aliphatic rings. The summed E-state index contributed by atoms with van der Waals surface area (Å²) in [5, 5.41) is 2.86.